The van der Waals surface area contributed by atoms with Crippen LogP contribution >= 0.6 is 15.9 Å². The van der Waals surface area contributed by atoms with E-state index in [0.29, 0.717) is 5.56 Å². The van der Waals surface area contributed by atoms with E-state index in [1.165, 1.54) is 6.07 Å². The van der Waals surface area contributed by atoms with E-state index in [9.17, 15) is 17.8 Å². The van der Waals surface area contributed by atoms with Gasteiger partial charge in [-0.2, -0.15) is 5.10 Å². The molecule has 0 bridgehead atoms. The van der Waals surface area contributed by atoms with Crippen molar-refractivity contribution >= 4 is 38.2 Å². The molecule has 0 saturated carbocycles. The van der Waals surface area contributed by atoms with Gasteiger partial charge in [-0.1, -0.05) is 15.9 Å². The van der Waals surface area contributed by atoms with E-state index < -0.39 is 21.1 Å². The van der Waals surface area contributed by atoms with Gasteiger partial charge >= 0.3 is 0 Å². The highest BCUT2D eigenvalue weighted by Gasteiger charge is 2.07. The van der Waals surface area contributed by atoms with Crippen LogP contribution in [-0.2, 0) is 10.1 Å². The maximum Gasteiger partial charge on any atom is 0.271 e. The van der Waals surface area contributed by atoms with Gasteiger partial charge in [0.2, 0.25) is 5.09 Å². The molecule has 1 aromatic heterocycles. The fourth-order valence-electron chi connectivity index (χ4n) is 1.36. The first-order valence-electron chi connectivity index (χ1n) is 5.51. The topological polar surface area (TPSA) is 112 Å². The van der Waals surface area contributed by atoms with Crippen LogP contribution in [0.2, 0.25) is 0 Å². The summed E-state index contributed by atoms with van der Waals surface area (Å²) in [5.41, 5.74) is 2.64. The number of nitrogens with zero attached hydrogens (tertiary/aromatic N) is 1. The molecule has 1 aromatic carbocycles. The lowest BCUT2D eigenvalue weighted by Gasteiger charge is -2.00. The van der Waals surface area contributed by atoms with E-state index in [1.54, 1.807) is 24.3 Å². The second-order valence-electron chi connectivity index (χ2n) is 3.82. The van der Waals surface area contributed by atoms with Gasteiger partial charge in [0.15, 0.2) is 10.1 Å². The monoisotopic (exact) mass is 371 g/mol. The quantitative estimate of drug-likeness (QED) is 0.499. The Morgan fingerprint density at radius 3 is 2.48 bits per heavy atom. The van der Waals surface area contributed by atoms with Crippen molar-refractivity contribution in [2.75, 3.05) is 0 Å². The summed E-state index contributed by atoms with van der Waals surface area (Å²) in [6.07, 6.45) is 1.09. The molecule has 0 spiro atoms. The Morgan fingerprint density at radius 2 is 1.90 bits per heavy atom. The van der Waals surface area contributed by atoms with Gasteiger partial charge in [-0.3, -0.25) is 4.79 Å². The summed E-state index contributed by atoms with van der Waals surface area (Å²) in [6, 6.07) is 8.88. The van der Waals surface area contributed by atoms with Crippen LogP contribution in [0, 0.1) is 0 Å². The molecule has 2 aromatic rings. The van der Waals surface area contributed by atoms with Crippen molar-refractivity contribution < 1.29 is 22.2 Å². The Bertz CT molecular complexity index is 780. The Labute approximate surface area is 128 Å². The number of amides is 1. The number of hydrazone groups is 1. The number of halogens is 1. The van der Waals surface area contributed by atoms with Crippen molar-refractivity contribution in [3.63, 3.8) is 0 Å². The van der Waals surface area contributed by atoms with E-state index >= 15 is 0 Å². The molecule has 1 amide bonds. The number of hydrogen-bond acceptors (Lipinski definition) is 6. The van der Waals surface area contributed by atoms with Gasteiger partial charge in [-0.15, -0.1) is 0 Å². The maximum absolute atomic E-state index is 11.7. The smallest absolute Gasteiger partial charge is 0.271 e. The normalized spacial score (nSPS) is 11.7. The highest BCUT2D eigenvalue weighted by molar-refractivity contribution is 9.10. The first-order valence-corrected chi connectivity index (χ1v) is 7.71. The van der Waals surface area contributed by atoms with Crippen molar-refractivity contribution in [2.24, 2.45) is 5.10 Å². The van der Waals surface area contributed by atoms with Crippen LogP contribution in [0.1, 0.15) is 16.1 Å². The lowest BCUT2D eigenvalue weighted by molar-refractivity contribution is 0.0955. The van der Waals surface area contributed by atoms with Crippen LogP contribution in [0.5, 0.6) is 0 Å². The predicted molar refractivity (Wildman–Crippen MR) is 75.9 cm³/mol. The molecule has 110 valence electrons. The van der Waals surface area contributed by atoms with Crippen molar-refractivity contribution in [1.29, 1.82) is 0 Å². The number of carbonyl (C=O) groups excluding carboxylic acids is 1. The van der Waals surface area contributed by atoms with E-state index in [-0.39, 0.29) is 5.76 Å². The van der Waals surface area contributed by atoms with E-state index in [0.717, 1.165) is 16.8 Å². The van der Waals surface area contributed by atoms with Gasteiger partial charge in [-0.05, 0) is 36.4 Å². The fourth-order valence-corrected chi connectivity index (χ4v) is 2.06. The number of carbonyl (C=O) groups is 1. The van der Waals surface area contributed by atoms with Crippen LogP contribution in [0.15, 0.2) is 55.5 Å². The first-order chi connectivity index (χ1) is 9.86. The second-order valence-corrected chi connectivity index (χ2v) is 6.04. The van der Waals surface area contributed by atoms with Gasteiger partial charge in [0.1, 0.15) is 5.76 Å². The summed E-state index contributed by atoms with van der Waals surface area (Å²) in [4.78, 5) is 11.7. The van der Waals surface area contributed by atoms with Crippen molar-refractivity contribution in [3.8, 4) is 0 Å². The minimum absolute atomic E-state index is 0.0283. The van der Waals surface area contributed by atoms with Crippen LogP contribution in [0.3, 0.4) is 0 Å². The summed E-state index contributed by atoms with van der Waals surface area (Å²) in [6.45, 7) is 0. The minimum Gasteiger partial charge on any atom is -0.742 e. The van der Waals surface area contributed by atoms with Crippen LogP contribution in [0.4, 0.5) is 0 Å². The molecule has 1 heterocycles. The summed E-state index contributed by atoms with van der Waals surface area (Å²) < 4.78 is 37.6. The molecule has 0 fully saturated rings. The highest BCUT2D eigenvalue weighted by atomic mass is 79.9. The van der Waals surface area contributed by atoms with E-state index in [2.05, 4.69) is 26.5 Å². The maximum atomic E-state index is 11.7. The molecule has 9 heteroatoms. The molecular formula is C12H8BrN2O5S-. The van der Waals surface area contributed by atoms with Crippen molar-refractivity contribution in [2.45, 2.75) is 5.09 Å². The number of nitrogens with one attached hydrogen (secondary N) is 1. The fraction of sp³-hybridized carbons (Fsp3) is 0. The Morgan fingerprint density at radius 1 is 1.24 bits per heavy atom. The average Bonchev–Trinajstić information content (AvgIpc) is 2.88. The van der Waals surface area contributed by atoms with Crippen molar-refractivity contribution in [3.05, 3.63) is 52.2 Å². The largest absolute Gasteiger partial charge is 0.742 e. The van der Waals surface area contributed by atoms with Gasteiger partial charge < -0.3 is 8.97 Å². The second kappa shape index (κ2) is 6.20. The summed E-state index contributed by atoms with van der Waals surface area (Å²) in [5.74, 6) is -0.414. The first kappa shape index (κ1) is 15.4. The van der Waals surface area contributed by atoms with Gasteiger partial charge in [0.05, 0.1) is 6.21 Å². The summed E-state index contributed by atoms with van der Waals surface area (Å²) in [7, 11) is -4.64. The zero-order valence-electron chi connectivity index (χ0n) is 10.3. The molecular weight excluding hydrogens is 364 g/mol. The Hall–Kier alpha value is -1.97. The lowest BCUT2D eigenvalue weighted by Crippen LogP contribution is -2.17. The Kier molecular flexibility index (Phi) is 4.56. The van der Waals surface area contributed by atoms with Crippen LogP contribution in [0.25, 0.3) is 0 Å². The molecule has 21 heavy (non-hydrogen) atoms. The van der Waals surface area contributed by atoms with Crippen LogP contribution < -0.4 is 5.43 Å². The SMILES string of the molecule is O=C(N/N=C\c1ccc(S(=O)(=O)[O-])o1)c1ccc(Br)cc1. The van der Waals surface area contributed by atoms with E-state index in [4.69, 9.17) is 4.42 Å². The van der Waals surface area contributed by atoms with Crippen LogP contribution in [-0.4, -0.2) is 25.1 Å². The molecule has 0 aliphatic rings. The third-order valence-electron chi connectivity index (χ3n) is 2.31. The number of furan rings is 1. The van der Waals surface area contributed by atoms with Gasteiger partial charge in [-0.25, -0.2) is 13.8 Å². The molecule has 0 aliphatic heterocycles. The summed E-state index contributed by atoms with van der Waals surface area (Å²) in [5, 5.41) is 2.90. The minimum atomic E-state index is -4.64. The van der Waals surface area contributed by atoms with Gasteiger partial charge in [0.25, 0.3) is 5.91 Å². The highest BCUT2D eigenvalue weighted by Crippen LogP contribution is 2.12. The molecule has 1 N–H and O–H groups in total. The Balaban J connectivity index is 2.01. The number of benzene rings is 1. The third-order valence-corrected chi connectivity index (χ3v) is 3.55. The zero-order valence-corrected chi connectivity index (χ0v) is 12.7. The lowest BCUT2D eigenvalue weighted by atomic mass is 10.2. The number of rotatable bonds is 4. The zero-order chi connectivity index (χ0) is 15.5. The summed E-state index contributed by atoms with van der Waals surface area (Å²) >= 11 is 3.25. The molecule has 2 rings (SSSR count). The van der Waals surface area contributed by atoms with Crippen molar-refractivity contribution in [1.82, 2.24) is 5.43 Å². The number of hydrogen-bond donors (Lipinski definition) is 1. The molecule has 0 unspecified atom stereocenters. The molecule has 0 radical (unpaired) electrons. The van der Waals surface area contributed by atoms with Gasteiger partial charge in [0, 0.05) is 10.0 Å². The molecule has 0 saturated heterocycles. The molecule has 0 aliphatic carbocycles. The standard InChI is InChI=1S/C12H9BrN2O5S/c13-9-3-1-8(2-4-9)12(16)15-14-7-10-5-6-11(20-10)21(17,18)19/h1-7H,(H,15,16)(H,17,18,19)/p-1/b14-7-. The predicted octanol–water partition coefficient (Wildman–Crippen LogP) is 1.71. The van der Waals surface area contributed by atoms with E-state index in [1.807, 2.05) is 0 Å². The molecule has 7 nitrogen and oxygen atoms in total. The third kappa shape index (κ3) is 4.25. The molecule has 0 atom stereocenters. The average molecular weight is 372 g/mol.